The van der Waals surface area contributed by atoms with Gasteiger partial charge >= 0.3 is 0 Å². The van der Waals surface area contributed by atoms with Crippen LogP contribution in [0.3, 0.4) is 0 Å². The molecule has 0 bridgehead atoms. The smallest absolute Gasteiger partial charge is 0.131 e. The van der Waals surface area contributed by atoms with Crippen LogP contribution in [0.4, 0.5) is 20.2 Å². The first-order valence-corrected chi connectivity index (χ1v) is 6.03. The highest BCUT2D eigenvalue weighted by Gasteiger charge is 2.05. The van der Waals surface area contributed by atoms with Crippen molar-refractivity contribution in [2.24, 2.45) is 0 Å². The highest BCUT2D eigenvalue weighted by Crippen LogP contribution is 2.19. The van der Waals surface area contributed by atoms with Gasteiger partial charge in [-0.1, -0.05) is 6.07 Å². The standard InChI is InChI=1S/C15H13F2N3/c16-12-2-1-11(14(17)8-12)9-20-13-3-4-15(19)10(7-13)5-6-18/h1-4,7-8,20H,5,9,19H2. The summed E-state index contributed by atoms with van der Waals surface area (Å²) in [6.45, 7) is 0.224. The van der Waals surface area contributed by atoms with Gasteiger partial charge in [0.15, 0.2) is 0 Å². The Morgan fingerprint density at radius 2 is 1.90 bits per heavy atom. The molecule has 3 nitrogen and oxygen atoms in total. The minimum Gasteiger partial charge on any atom is -0.398 e. The zero-order chi connectivity index (χ0) is 14.5. The maximum absolute atomic E-state index is 13.5. The molecule has 0 amide bonds. The highest BCUT2D eigenvalue weighted by molar-refractivity contribution is 5.58. The number of rotatable bonds is 4. The van der Waals surface area contributed by atoms with E-state index in [0.717, 1.165) is 17.3 Å². The van der Waals surface area contributed by atoms with Crippen LogP contribution in [-0.2, 0) is 13.0 Å². The fourth-order valence-electron chi connectivity index (χ4n) is 1.82. The molecule has 0 radical (unpaired) electrons. The summed E-state index contributed by atoms with van der Waals surface area (Å²) < 4.78 is 26.3. The van der Waals surface area contributed by atoms with E-state index in [1.807, 2.05) is 6.07 Å². The number of nitrogens with two attached hydrogens (primary N) is 1. The molecule has 102 valence electrons. The molecule has 20 heavy (non-hydrogen) atoms. The fraction of sp³-hybridized carbons (Fsp3) is 0.133. The summed E-state index contributed by atoms with van der Waals surface area (Å²) in [7, 11) is 0. The van der Waals surface area contributed by atoms with Gasteiger partial charge in [-0.25, -0.2) is 8.78 Å². The molecular weight excluding hydrogens is 260 g/mol. The predicted octanol–water partition coefficient (Wildman–Crippen LogP) is 3.23. The third-order valence-electron chi connectivity index (χ3n) is 2.91. The second-order valence-electron chi connectivity index (χ2n) is 4.34. The minimum absolute atomic E-state index is 0.215. The van der Waals surface area contributed by atoms with E-state index in [1.165, 1.54) is 12.1 Å². The summed E-state index contributed by atoms with van der Waals surface area (Å²) in [5.41, 5.74) is 8.10. The van der Waals surface area contributed by atoms with E-state index in [0.29, 0.717) is 11.3 Å². The van der Waals surface area contributed by atoms with Gasteiger partial charge in [0.25, 0.3) is 0 Å². The molecule has 0 atom stereocenters. The molecule has 0 aliphatic carbocycles. The second kappa shape index (κ2) is 6.02. The molecule has 0 aliphatic heterocycles. The lowest BCUT2D eigenvalue weighted by Crippen LogP contribution is -2.03. The van der Waals surface area contributed by atoms with Gasteiger partial charge in [-0.15, -0.1) is 0 Å². The van der Waals surface area contributed by atoms with Gasteiger partial charge in [-0.05, 0) is 29.8 Å². The van der Waals surface area contributed by atoms with Gasteiger partial charge < -0.3 is 11.1 Å². The van der Waals surface area contributed by atoms with Gasteiger partial charge in [-0.3, -0.25) is 0 Å². The Morgan fingerprint density at radius 3 is 2.60 bits per heavy atom. The number of benzene rings is 2. The largest absolute Gasteiger partial charge is 0.398 e. The number of hydrogen-bond acceptors (Lipinski definition) is 3. The van der Waals surface area contributed by atoms with E-state index in [2.05, 4.69) is 5.32 Å². The molecule has 3 N–H and O–H groups in total. The minimum atomic E-state index is -0.602. The summed E-state index contributed by atoms with van der Waals surface area (Å²) in [4.78, 5) is 0. The van der Waals surface area contributed by atoms with Gasteiger partial charge in [0, 0.05) is 29.5 Å². The summed E-state index contributed by atoms with van der Waals surface area (Å²) >= 11 is 0. The number of nitrogen functional groups attached to an aromatic ring is 1. The number of hydrogen-bond donors (Lipinski definition) is 2. The molecule has 0 saturated heterocycles. The Balaban J connectivity index is 2.11. The van der Waals surface area contributed by atoms with E-state index < -0.39 is 11.6 Å². The van der Waals surface area contributed by atoms with Crippen molar-refractivity contribution in [1.82, 2.24) is 0 Å². The van der Waals surface area contributed by atoms with Crippen LogP contribution in [0.1, 0.15) is 11.1 Å². The maximum Gasteiger partial charge on any atom is 0.131 e. The van der Waals surface area contributed by atoms with Crippen LogP contribution >= 0.6 is 0 Å². The number of nitrogens with zero attached hydrogens (tertiary/aromatic N) is 1. The van der Waals surface area contributed by atoms with E-state index in [4.69, 9.17) is 11.0 Å². The van der Waals surface area contributed by atoms with Crippen molar-refractivity contribution in [3.05, 3.63) is 59.2 Å². The van der Waals surface area contributed by atoms with Gasteiger partial charge in [-0.2, -0.15) is 5.26 Å². The van der Waals surface area contributed by atoms with Crippen molar-refractivity contribution < 1.29 is 8.78 Å². The molecule has 0 heterocycles. The van der Waals surface area contributed by atoms with Gasteiger partial charge in [0.1, 0.15) is 11.6 Å². The topological polar surface area (TPSA) is 61.8 Å². The zero-order valence-electron chi connectivity index (χ0n) is 10.7. The molecule has 2 rings (SSSR count). The second-order valence-corrected chi connectivity index (χ2v) is 4.34. The van der Waals surface area contributed by atoms with Crippen molar-refractivity contribution in [3.8, 4) is 6.07 Å². The van der Waals surface area contributed by atoms with Crippen molar-refractivity contribution in [1.29, 1.82) is 5.26 Å². The van der Waals surface area contributed by atoms with Crippen molar-refractivity contribution in [3.63, 3.8) is 0 Å². The molecule has 0 spiro atoms. The molecule has 5 heteroatoms. The molecule has 0 unspecified atom stereocenters. The third kappa shape index (κ3) is 3.23. The normalized spacial score (nSPS) is 10.1. The summed E-state index contributed by atoms with van der Waals surface area (Å²) in [5.74, 6) is -1.19. The predicted molar refractivity (Wildman–Crippen MR) is 73.9 cm³/mol. The summed E-state index contributed by atoms with van der Waals surface area (Å²) in [6.07, 6.45) is 0.215. The van der Waals surface area contributed by atoms with E-state index >= 15 is 0 Å². The third-order valence-corrected chi connectivity index (χ3v) is 2.91. The summed E-state index contributed by atoms with van der Waals surface area (Å²) in [5, 5.41) is 11.7. The van der Waals surface area contributed by atoms with Crippen molar-refractivity contribution >= 4 is 11.4 Å². The summed E-state index contributed by atoms with van der Waals surface area (Å²) in [6, 6.07) is 10.7. The van der Waals surface area contributed by atoms with Crippen LogP contribution in [0, 0.1) is 23.0 Å². The van der Waals surface area contributed by atoms with E-state index in [-0.39, 0.29) is 13.0 Å². The lowest BCUT2D eigenvalue weighted by molar-refractivity contribution is 0.574. The van der Waals surface area contributed by atoms with E-state index in [1.54, 1.807) is 18.2 Å². The first-order valence-electron chi connectivity index (χ1n) is 6.03. The number of nitriles is 1. The molecular formula is C15H13F2N3. The quantitative estimate of drug-likeness (QED) is 0.841. The van der Waals surface area contributed by atoms with Gasteiger partial charge in [0.05, 0.1) is 12.5 Å². The lowest BCUT2D eigenvalue weighted by Gasteiger charge is -2.10. The van der Waals surface area contributed by atoms with E-state index in [9.17, 15) is 8.78 Å². The first-order chi connectivity index (χ1) is 9.60. The maximum atomic E-state index is 13.5. The molecule has 0 saturated carbocycles. The average molecular weight is 273 g/mol. The van der Waals surface area contributed by atoms with Crippen LogP contribution in [0.2, 0.25) is 0 Å². The molecule has 0 aliphatic rings. The SMILES string of the molecule is N#CCc1cc(NCc2ccc(F)cc2F)ccc1N. The molecule has 2 aromatic carbocycles. The molecule has 0 aromatic heterocycles. The number of halogens is 2. The average Bonchev–Trinajstić information content (AvgIpc) is 2.41. The Bertz CT molecular complexity index is 663. The lowest BCUT2D eigenvalue weighted by atomic mass is 10.1. The first kappa shape index (κ1) is 13.8. The Kier molecular flexibility index (Phi) is 4.16. The number of anilines is 2. The van der Waals surface area contributed by atoms with Crippen LogP contribution in [0.5, 0.6) is 0 Å². The van der Waals surface area contributed by atoms with Crippen LogP contribution in [-0.4, -0.2) is 0 Å². The van der Waals surface area contributed by atoms with Gasteiger partial charge in [0.2, 0.25) is 0 Å². The van der Waals surface area contributed by atoms with Crippen LogP contribution in [0.25, 0.3) is 0 Å². The fourth-order valence-corrected chi connectivity index (χ4v) is 1.82. The molecule has 2 aromatic rings. The highest BCUT2D eigenvalue weighted by atomic mass is 19.1. The Hall–Kier alpha value is -2.61. The number of nitrogens with one attached hydrogen (secondary N) is 1. The van der Waals surface area contributed by atoms with Crippen molar-refractivity contribution in [2.75, 3.05) is 11.1 Å². The Labute approximate surface area is 115 Å². The molecule has 0 fully saturated rings. The van der Waals surface area contributed by atoms with Crippen molar-refractivity contribution in [2.45, 2.75) is 13.0 Å². The van der Waals surface area contributed by atoms with Crippen LogP contribution in [0.15, 0.2) is 36.4 Å². The zero-order valence-corrected chi connectivity index (χ0v) is 10.7. The Morgan fingerprint density at radius 1 is 1.10 bits per heavy atom. The van der Waals surface area contributed by atoms with Crippen LogP contribution < -0.4 is 11.1 Å². The monoisotopic (exact) mass is 273 g/mol.